The molecule has 1 fully saturated rings. The highest BCUT2D eigenvalue weighted by Crippen LogP contribution is 2.30. The highest BCUT2D eigenvalue weighted by molar-refractivity contribution is 9.10. The largest absolute Gasteiger partial charge is 0.379 e. The van der Waals surface area contributed by atoms with Crippen molar-refractivity contribution in [2.75, 3.05) is 54.9 Å². The van der Waals surface area contributed by atoms with E-state index >= 15 is 0 Å². The number of aromatic nitrogens is 1. The Morgan fingerprint density at radius 1 is 1.03 bits per heavy atom. The minimum atomic E-state index is -0.238. The van der Waals surface area contributed by atoms with Crippen molar-refractivity contribution in [3.05, 3.63) is 81.8 Å². The summed E-state index contributed by atoms with van der Waals surface area (Å²) in [4.78, 5) is 34.6. The van der Waals surface area contributed by atoms with Gasteiger partial charge in [-0.3, -0.25) is 14.6 Å². The SMILES string of the molecule is O=C(Cc1ccc(Br)cc1)Nc1nc2ccc(N(CCN3CCOCC3)C(=O)Nc3ccc(Cl)cc3)cc2s1. The van der Waals surface area contributed by atoms with Crippen LogP contribution in [-0.4, -0.2) is 61.2 Å². The molecule has 0 atom stereocenters. The van der Waals surface area contributed by atoms with Crippen LogP contribution in [0, 0.1) is 0 Å². The molecule has 1 aliphatic heterocycles. The van der Waals surface area contributed by atoms with Gasteiger partial charge in [-0.1, -0.05) is 51.0 Å². The number of benzene rings is 3. The zero-order chi connectivity index (χ0) is 27.2. The number of carbonyl (C=O) groups excluding carboxylic acids is 2. The summed E-state index contributed by atoms with van der Waals surface area (Å²) in [7, 11) is 0. The fraction of sp³-hybridized carbons (Fsp3) is 0.250. The summed E-state index contributed by atoms with van der Waals surface area (Å²) in [6.07, 6.45) is 0.259. The van der Waals surface area contributed by atoms with Crippen molar-refractivity contribution in [2.24, 2.45) is 0 Å². The number of urea groups is 1. The zero-order valence-electron chi connectivity index (χ0n) is 21.0. The Morgan fingerprint density at radius 2 is 1.77 bits per heavy atom. The Hall–Kier alpha value is -3.02. The van der Waals surface area contributed by atoms with Crippen molar-refractivity contribution >= 4 is 77.5 Å². The molecule has 3 amide bonds. The fourth-order valence-corrected chi connectivity index (χ4v) is 5.53. The van der Waals surface area contributed by atoms with Crippen LogP contribution in [-0.2, 0) is 16.0 Å². The standard InChI is InChI=1S/C28H27BrClN5O3S/c29-20-3-1-19(2-4-20)17-26(36)33-27-32-24-10-9-23(18-25(24)39-27)35(12-11-34-13-15-38-16-14-34)28(37)31-22-7-5-21(30)6-8-22/h1-10,18H,11-17H2,(H,31,37)(H,32,33,36). The molecular formula is C28H27BrClN5O3S. The lowest BCUT2D eigenvalue weighted by Gasteiger charge is -2.30. The first kappa shape index (κ1) is 27.5. The predicted octanol–water partition coefficient (Wildman–Crippen LogP) is 6.26. The van der Waals surface area contributed by atoms with Gasteiger partial charge in [-0.2, -0.15) is 0 Å². The molecule has 0 spiro atoms. The minimum Gasteiger partial charge on any atom is -0.379 e. The normalized spacial score (nSPS) is 13.8. The Bertz CT molecular complexity index is 1440. The molecule has 0 unspecified atom stereocenters. The third kappa shape index (κ3) is 7.55. The summed E-state index contributed by atoms with van der Waals surface area (Å²) in [6, 6.07) is 20.1. The molecule has 4 aromatic rings. The molecule has 2 N–H and O–H groups in total. The predicted molar refractivity (Wildman–Crippen MR) is 161 cm³/mol. The molecule has 2 heterocycles. The first-order valence-corrected chi connectivity index (χ1v) is 14.5. The average Bonchev–Trinajstić information content (AvgIpc) is 3.33. The molecule has 202 valence electrons. The molecule has 5 rings (SSSR count). The van der Waals surface area contributed by atoms with E-state index in [0.29, 0.717) is 35.6 Å². The first-order valence-electron chi connectivity index (χ1n) is 12.5. The van der Waals surface area contributed by atoms with Crippen LogP contribution in [0.5, 0.6) is 0 Å². The van der Waals surface area contributed by atoms with Gasteiger partial charge in [0, 0.05) is 47.0 Å². The first-order chi connectivity index (χ1) is 18.9. The summed E-state index contributed by atoms with van der Waals surface area (Å²) in [5, 5.41) is 7.01. The van der Waals surface area contributed by atoms with Crippen molar-refractivity contribution in [3.8, 4) is 0 Å². The van der Waals surface area contributed by atoms with E-state index in [-0.39, 0.29) is 18.4 Å². The van der Waals surface area contributed by atoms with Gasteiger partial charge in [-0.15, -0.1) is 0 Å². The Kier molecular flexibility index (Phi) is 9.10. The van der Waals surface area contributed by atoms with Gasteiger partial charge in [-0.25, -0.2) is 9.78 Å². The highest BCUT2D eigenvalue weighted by Gasteiger charge is 2.20. The van der Waals surface area contributed by atoms with E-state index in [9.17, 15) is 9.59 Å². The maximum absolute atomic E-state index is 13.4. The molecule has 0 aliphatic carbocycles. The van der Waals surface area contributed by atoms with Gasteiger partial charge in [0.1, 0.15) is 0 Å². The quantitative estimate of drug-likeness (QED) is 0.240. The number of halogens is 2. The van der Waals surface area contributed by atoms with Gasteiger partial charge in [0.2, 0.25) is 5.91 Å². The van der Waals surface area contributed by atoms with Gasteiger partial charge < -0.3 is 15.4 Å². The molecular weight excluding hydrogens is 602 g/mol. The third-order valence-electron chi connectivity index (χ3n) is 6.29. The second-order valence-electron chi connectivity index (χ2n) is 9.07. The molecule has 0 bridgehead atoms. The van der Waals surface area contributed by atoms with Gasteiger partial charge in [0.15, 0.2) is 5.13 Å². The molecule has 8 nitrogen and oxygen atoms in total. The second kappa shape index (κ2) is 12.9. The van der Waals surface area contributed by atoms with Gasteiger partial charge in [-0.05, 0) is 60.2 Å². The Labute approximate surface area is 244 Å². The number of hydrogen-bond acceptors (Lipinski definition) is 6. The van der Waals surface area contributed by atoms with Crippen molar-refractivity contribution in [1.82, 2.24) is 9.88 Å². The fourth-order valence-electron chi connectivity index (χ4n) is 4.22. The molecule has 3 aromatic carbocycles. The number of amides is 3. The minimum absolute atomic E-state index is 0.133. The number of morpholine rings is 1. The van der Waals surface area contributed by atoms with Crippen LogP contribution in [0.25, 0.3) is 10.2 Å². The number of anilines is 3. The lowest BCUT2D eigenvalue weighted by atomic mass is 10.1. The molecule has 11 heteroatoms. The maximum atomic E-state index is 13.4. The molecule has 39 heavy (non-hydrogen) atoms. The van der Waals surface area contributed by atoms with E-state index in [1.54, 1.807) is 29.2 Å². The van der Waals surface area contributed by atoms with E-state index in [1.165, 1.54) is 11.3 Å². The van der Waals surface area contributed by atoms with Crippen LogP contribution in [0.3, 0.4) is 0 Å². The Morgan fingerprint density at radius 3 is 2.51 bits per heavy atom. The molecule has 0 radical (unpaired) electrons. The van der Waals surface area contributed by atoms with Crippen LogP contribution in [0.15, 0.2) is 71.2 Å². The summed E-state index contributed by atoms with van der Waals surface area (Å²) in [5.41, 5.74) is 3.09. The number of thiazole rings is 1. The summed E-state index contributed by atoms with van der Waals surface area (Å²) in [5.74, 6) is -0.133. The smallest absolute Gasteiger partial charge is 0.326 e. The molecule has 0 saturated carbocycles. The number of nitrogens with one attached hydrogen (secondary N) is 2. The lowest BCUT2D eigenvalue weighted by molar-refractivity contribution is -0.115. The van der Waals surface area contributed by atoms with E-state index in [1.807, 2.05) is 42.5 Å². The van der Waals surface area contributed by atoms with E-state index in [0.717, 1.165) is 45.6 Å². The summed E-state index contributed by atoms with van der Waals surface area (Å²) in [6.45, 7) is 4.28. The molecule has 1 saturated heterocycles. The van der Waals surface area contributed by atoms with Crippen LogP contribution >= 0.6 is 38.9 Å². The Balaban J connectivity index is 1.32. The molecule has 1 aliphatic rings. The summed E-state index contributed by atoms with van der Waals surface area (Å²) < 4.78 is 7.30. The number of carbonyl (C=O) groups is 2. The number of rotatable bonds is 8. The number of fused-ring (bicyclic) bond motifs is 1. The van der Waals surface area contributed by atoms with E-state index in [4.69, 9.17) is 16.3 Å². The van der Waals surface area contributed by atoms with Crippen LogP contribution in [0.2, 0.25) is 5.02 Å². The van der Waals surface area contributed by atoms with Crippen molar-refractivity contribution in [3.63, 3.8) is 0 Å². The monoisotopic (exact) mass is 627 g/mol. The van der Waals surface area contributed by atoms with Gasteiger partial charge >= 0.3 is 6.03 Å². The van der Waals surface area contributed by atoms with E-state index < -0.39 is 0 Å². The summed E-state index contributed by atoms with van der Waals surface area (Å²) >= 11 is 10.8. The number of ether oxygens (including phenoxy) is 1. The second-order valence-corrected chi connectivity index (χ2v) is 11.4. The van der Waals surface area contributed by atoms with Crippen molar-refractivity contribution < 1.29 is 14.3 Å². The highest BCUT2D eigenvalue weighted by atomic mass is 79.9. The third-order valence-corrected chi connectivity index (χ3v) is 8.01. The van der Waals surface area contributed by atoms with Crippen LogP contribution in [0.1, 0.15) is 5.56 Å². The average molecular weight is 629 g/mol. The van der Waals surface area contributed by atoms with Gasteiger partial charge in [0.25, 0.3) is 0 Å². The van der Waals surface area contributed by atoms with Crippen molar-refractivity contribution in [1.29, 1.82) is 0 Å². The zero-order valence-corrected chi connectivity index (χ0v) is 24.2. The number of hydrogen-bond donors (Lipinski definition) is 2. The van der Waals surface area contributed by atoms with E-state index in [2.05, 4.69) is 36.4 Å². The molecule has 1 aromatic heterocycles. The van der Waals surface area contributed by atoms with Crippen molar-refractivity contribution in [2.45, 2.75) is 6.42 Å². The van der Waals surface area contributed by atoms with Gasteiger partial charge in [0.05, 0.1) is 29.9 Å². The van der Waals surface area contributed by atoms with Crippen LogP contribution < -0.4 is 15.5 Å². The maximum Gasteiger partial charge on any atom is 0.326 e. The topological polar surface area (TPSA) is 86.8 Å². The van der Waals surface area contributed by atoms with Crippen LogP contribution in [0.4, 0.5) is 21.3 Å². The number of nitrogens with zero attached hydrogens (tertiary/aromatic N) is 3. The lowest BCUT2D eigenvalue weighted by Crippen LogP contribution is -2.44.